The van der Waals surface area contributed by atoms with Crippen molar-refractivity contribution < 1.29 is 37.0 Å². The average molecular weight is 521 g/mol. The van der Waals surface area contributed by atoms with Gasteiger partial charge in [0.2, 0.25) is 0 Å². The maximum absolute atomic E-state index is 12.9. The molecular weight excluding hydrogens is 493 g/mol. The molecular formula is C25H27F3N4O5. The molecule has 0 spiro atoms. The van der Waals surface area contributed by atoms with Gasteiger partial charge < -0.3 is 29.4 Å². The van der Waals surface area contributed by atoms with E-state index >= 15 is 0 Å². The number of carbonyl (C=O) groups excluding carboxylic acids is 2. The van der Waals surface area contributed by atoms with Crippen molar-refractivity contribution in [1.29, 1.82) is 0 Å². The Bertz CT molecular complexity index is 1220. The summed E-state index contributed by atoms with van der Waals surface area (Å²) in [6.07, 6.45) is 0.330. The minimum atomic E-state index is -4.38. The van der Waals surface area contributed by atoms with Crippen molar-refractivity contribution in [1.82, 2.24) is 15.2 Å². The van der Waals surface area contributed by atoms with E-state index < -0.39 is 30.1 Å². The zero-order chi connectivity index (χ0) is 26.7. The fourth-order valence-electron chi connectivity index (χ4n) is 4.28. The Morgan fingerprint density at radius 3 is 2.51 bits per heavy atom. The molecule has 198 valence electrons. The normalized spacial score (nSPS) is 18.8. The van der Waals surface area contributed by atoms with Crippen LogP contribution in [0.2, 0.25) is 0 Å². The molecule has 4 rings (SSSR count). The van der Waals surface area contributed by atoms with E-state index in [0.29, 0.717) is 43.4 Å². The predicted octanol–water partition coefficient (Wildman–Crippen LogP) is 3.79. The van der Waals surface area contributed by atoms with Gasteiger partial charge in [-0.05, 0) is 24.1 Å². The second-order valence-corrected chi connectivity index (χ2v) is 8.77. The summed E-state index contributed by atoms with van der Waals surface area (Å²) >= 11 is 0. The van der Waals surface area contributed by atoms with Crippen molar-refractivity contribution in [3.63, 3.8) is 0 Å². The number of oxazole rings is 1. The number of esters is 1. The number of aromatic nitrogens is 1. The number of urea groups is 1. The topological polar surface area (TPSA) is 108 Å². The van der Waals surface area contributed by atoms with Gasteiger partial charge in [0.1, 0.15) is 5.75 Å². The third-order valence-electron chi connectivity index (χ3n) is 6.39. The van der Waals surface area contributed by atoms with E-state index in [1.807, 2.05) is 11.0 Å². The summed E-state index contributed by atoms with van der Waals surface area (Å²) in [7, 11) is 1.15. The predicted molar refractivity (Wildman–Crippen MR) is 128 cm³/mol. The summed E-state index contributed by atoms with van der Waals surface area (Å²) in [6.45, 7) is 3.30. The van der Waals surface area contributed by atoms with Gasteiger partial charge in [-0.3, -0.25) is 0 Å². The maximum Gasteiger partial charge on any atom is 0.395 e. The highest BCUT2D eigenvalue weighted by Crippen LogP contribution is 2.35. The van der Waals surface area contributed by atoms with Crippen molar-refractivity contribution in [2.75, 3.05) is 38.2 Å². The smallest absolute Gasteiger partial charge is 0.395 e. The molecule has 2 amide bonds. The van der Waals surface area contributed by atoms with Gasteiger partial charge in [-0.2, -0.15) is 13.2 Å². The number of hydrogen-bond acceptors (Lipinski definition) is 7. The number of aryl methyl sites for hydroxylation is 1. The van der Waals surface area contributed by atoms with E-state index in [1.165, 1.54) is 23.2 Å². The van der Waals surface area contributed by atoms with E-state index in [-0.39, 0.29) is 17.7 Å². The largest absolute Gasteiger partial charge is 0.507 e. The Hall–Kier alpha value is -3.96. The number of nitrogens with one attached hydrogen (secondary N) is 1. The summed E-state index contributed by atoms with van der Waals surface area (Å²) in [5.74, 6) is -1.42. The Morgan fingerprint density at radius 1 is 1.24 bits per heavy atom. The highest BCUT2D eigenvalue weighted by Gasteiger charge is 2.39. The summed E-state index contributed by atoms with van der Waals surface area (Å²) in [5, 5.41) is 13.1. The van der Waals surface area contributed by atoms with Crippen molar-refractivity contribution in [2.45, 2.75) is 25.6 Å². The third-order valence-corrected chi connectivity index (χ3v) is 6.39. The number of methoxy groups -OCH3 is 1. The molecule has 12 heteroatoms. The van der Waals surface area contributed by atoms with Crippen molar-refractivity contribution in [3.05, 3.63) is 54.1 Å². The van der Waals surface area contributed by atoms with Crippen LogP contribution in [0, 0.1) is 12.8 Å². The first kappa shape index (κ1) is 26.1. The number of phenolic OH excluding ortho intramolecular Hbond substituents is 1. The van der Waals surface area contributed by atoms with Crippen LogP contribution in [0.1, 0.15) is 12.3 Å². The molecule has 9 nitrogen and oxygen atoms in total. The Labute approximate surface area is 211 Å². The molecule has 2 atom stereocenters. The van der Waals surface area contributed by atoms with Gasteiger partial charge in [-0.1, -0.05) is 18.2 Å². The number of nitrogens with zero attached hydrogens (tertiary/aromatic N) is 3. The lowest BCUT2D eigenvalue weighted by Crippen LogP contribution is -2.55. The van der Waals surface area contributed by atoms with Crippen LogP contribution in [0.15, 0.2) is 52.6 Å². The zero-order valence-corrected chi connectivity index (χ0v) is 20.3. The molecule has 1 aliphatic carbocycles. The number of carbonyl (C=O) groups is 2. The fourth-order valence-corrected chi connectivity index (χ4v) is 4.28. The minimum absolute atomic E-state index is 0.0383. The number of halogens is 3. The number of ether oxygens (including phenoxy) is 1. The van der Waals surface area contributed by atoms with Gasteiger partial charge in [0.25, 0.3) is 0 Å². The zero-order valence-electron chi connectivity index (χ0n) is 20.3. The highest BCUT2D eigenvalue weighted by atomic mass is 19.4. The molecule has 1 fully saturated rings. The van der Waals surface area contributed by atoms with Crippen molar-refractivity contribution in [3.8, 4) is 17.1 Å². The van der Waals surface area contributed by atoms with Gasteiger partial charge >= 0.3 is 18.2 Å². The van der Waals surface area contributed by atoms with E-state index in [1.54, 1.807) is 19.1 Å². The molecule has 0 saturated carbocycles. The number of aromatic hydroxyl groups is 1. The molecule has 1 aromatic heterocycles. The number of anilines is 1. The van der Waals surface area contributed by atoms with Gasteiger partial charge in [-0.15, -0.1) is 0 Å². The van der Waals surface area contributed by atoms with Crippen LogP contribution >= 0.6 is 0 Å². The molecule has 37 heavy (non-hydrogen) atoms. The Kier molecular flexibility index (Phi) is 7.46. The Morgan fingerprint density at radius 2 is 1.97 bits per heavy atom. The molecule has 2 N–H and O–H groups in total. The van der Waals surface area contributed by atoms with Crippen LogP contribution in [0.4, 0.5) is 23.7 Å². The Balaban J connectivity index is 1.37. The number of rotatable bonds is 5. The van der Waals surface area contributed by atoms with E-state index in [4.69, 9.17) is 9.15 Å². The van der Waals surface area contributed by atoms with Crippen molar-refractivity contribution >= 4 is 17.7 Å². The number of allylic oxidation sites excluding steroid dienone is 2. The van der Waals surface area contributed by atoms with Crippen LogP contribution < -0.4 is 10.2 Å². The number of benzene rings is 1. The van der Waals surface area contributed by atoms with E-state index in [0.717, 1.165) is 18.9 Å². The van der Waals surface area contributed by atoms with Crippen molar-refractivity contribution in [2.24, 2.45) is 5.92 Å². The molecule has 0 radical (unpaired) electrons. The van der Waals surface area contributed by atoms with Crippen LogP contribution in [-0.2, 0) is 9.53 Å². The number of alkyl halides is 3. The van der Waals surface area contributed by atoms with Gasteiger partial charge in [0.05, 0.1) is 24.8 Å². The summed E-state index contributed by atoms with van der Waals surface area (Å²) in [5.41, 5.74) is 1.53. The molecule has 1 aromatic carbocycles. The monoisotopic (exact) mass is 520 g/mol. The lowest BCUT2D eigenvalue weighted by atomic mass is 9.92. The fraction of sp³-hybridized carbons (Fsp3) is 0.400. The lowest BCUT2D eigenvalue weighted by Gasteiger charge is -2.36. The average Bonchev–Trinajstić information content (AvgIpc) is 3.32. The molecule has 2 aliphatic rings. The van der Waals surface area contributed by atoms with E-state index in [9.17, 15) is 27.9 Å². The van der Waals surface area contributed by atoms with Crippen LogP contribution in [0.5, 0.6) is 5.75 Å². The molecule has 0 bridgehead atoms. The third kappa shape index (κ3) is 5.89. The maximum atomic E-state index is 12.9. The first-order chi connectivity index (χ1) is 17.6. The van der Waals surface area contributed by atoms with Crippen LogP contribution in [0.3, 0.4) is 0 Å². The SMILES string of the molecule is COC(=O)C(NC(=O)N1CCN(c2ccc(-c3cnc(C)o3)c(O)c2)CC1)C1=CCC(C(F)(F)F)C=C1. The number of piperazine rings is 1. The quantitative estimate of drug-likeness (QED) is 0.578. The molecule has 2 unspecified atom stereocenters. The van der Waals surface area contributed by atoms with Crippen LogP contribution in [0.25, 0.3) is 11.3 Å². The van der Waals surface area contributed by atoms with Gasteiger partial charge in [0.15, 0.2) is 17.7 Å². The molecule has 2 aromatic rings. The molecule has 2 heterocycles. The molecule has 1 saturated heterocycles. The first-order valence-electron chi connectivity index (χ1n) is 11.7. The van der Waals surface area contributed by atoms with E-state index in [2.05, 4.69) is 10.3 Å². The lowest BCUT2D eigenvalue weighted by molar-refractivity contribution is -0.160. The number of amides is 2. The van der Waals surface area contributed by atoms with Crippen LogP contribution in [-0.4, -0.2) is 72.5 Å². The van der Waals surface area contributed by atoms with Gasteiger partial charge in [-0.25, -0.2) is 14.6 Å². The highest BCUT2D eigenvalue weighted by molar-refractivity contribution is 5.87. The minimum Gasteiger partial charge on any atom is -0.507 e. The second kappa shape index (κ2) is 10.6. The summed E-state index contributed by atoms with van der Waals surface area (Å²) < 4.78 is 49.1. The summed E-state index contributed by atoms with van der Waals surface area (Å²) in [4.78, 5) is 32.8. The first-order valence-corrected chi connectivity index (χ1v) is 11.7. The van der Waals surface area contributed by atoms with Gasteiger partial charge in [0, 0.05) is 44.9 Å². The number of hydrogen-bond donors (Lipinski definition) is 2. The second-order valence-electron chi connectivity index (χ2n) is 8.77. The number of phenols is 1. The molecule has 1 aliphatic heterocycles. The summed E-state index contributed by atoms with van der Waals surface area (Å²) in [6, 6.07) is 3.45. The standard InChI is InChI=1S/C25H27F3N4O5/c1-15-29-14-21(37-15)19-8-7-18(13-20(19)33)31-9-11-32(12-10-31)24(35)30-22(23(34)36-2)16-3-5-17(6-4-16)25(26,27)28/h3-5,7-8,13-14,17,22,33H,6,9-12H2,1-2H3,(H,30,35).